The molecule has 0 radical (unpaired) electrons. The first-order valence-electron chi connectivity index (χ1n) is 11.3. The van der Waals surface area contributed by atoms with Gasteiger partial charge < -0.3 is 8.84 Å². The van der Waals surface area contributed by atoms with Crippen LogP contribution in [0.25, 0.3) is 11.5 Å². The fourth-order valence-electron chi connectivity index (χ4n) is 4.07. The van der Waals surface area contributed by atoms with E-state index in [0.717, 1.165) is 11.3 Å². The second-order valence-electron chi connectivity index (χ2n) is 10.0. The Morgan fingerprint density at radius 2 is 1.47 bits per heavy atom. The summed E-state index contributed by atoms with van der Waals surface area (Å²) in [6.07, 6.45) is 0. The van der Waals surface area contributed by atoms with Crippen molar-refractivity contribution in [1.82, 2.24) is 4.98 Å². The monoisotopic (exact) mass is 485 g/mol. The van der Waals surface area contributed by atoms with Crippen LogP contribution < -0.4 is 4.43 Å². The van der Waals surface area contributed by atoms with Crippen LogP contribution in [0.2, 0.25) is 19.6 Å². The molecule has 0 bridgehead atoms. The van der Waals surface area contributed by atoms with Gasteiger partial charge in [0.15, 0.2) is 0 Å². The predicted octanol–water partition coefficient (Wildman–Crippen LogP) is 8.25. The SMILES string of the molecule is Cc1ccc(C(c2nc(-c3ccccc3)oc2O[Si](C)(C)C)P(=S)(C(C)C)C(C)C)cc1. The molecule has 172 valence electrons. The molecule has 3 nitrogen and oxygen atoms in total. The van der Waals surface area contributed by atoms with Gasteiger partial charge in [0, 0.05) is 5.56 Å². The summed E-state index contributed by atoms with van der Waals surface area (Å²) in [5.74, 6) is 1.14. The molecule has 0 aliphatic heterocycles. The van der Waals surface area contributed by atoms with Crippen LogP contribution in [-0.4, -0.2) is 24.6 Å². The van der Waals surface area contributed by atoms with E-state index in [2.05, 4.69) is 78.5 Å². The summed E-state index contributed by atoms with van der Waals surface area (Å²) in [6, 6.07) is 16.8. The van der Waals surface area contributed by atoms with Crippen molar-refractivity contribution in [2.45, 2.75) is 71.2 Å². The van der Waals surface area contributed by atoms with E-state index in [4.69, 9.17) is 25.6 Å². The first-order valence-corrected chi connectivity index (χ1v) is 17.8. The van der Waals surface area contributed by atoms with Gasteiger partial charge in [0.05, 0.1) is 5.66 Å². The molecule has 0 saturated carbocycles. The summed E-state index contributed by atoms with van der Waals surface area (Å²) in [5, 5.41) is 0. The minimum absolute atomic E-state index is 0.0225. The molecule has 1 unspecified atom stereocenters. The molecule has 1 aromatic heterocycles. The van der Waals surface area contributed by atoms with Crippen molar-refractivity contribution in [1.29, 1.82) is 0 Å². The lowest BCUT2D eigenvalue weighted by Gasteiger charge is -2.38. The Hall–Kier alpha value is -1.68. The number of rotatable bonds is 8. The molecule has 0 saturated heterocycles. The maximum absolute atomic E-state index is 6.58. The van der Waals surface area contributed by atoms with E-state index in [9.17, 15) is 0 Å². The van der Waals surface area contributed by atoms with Gasteiger partial charge in [-0.25, -0.2) is 4.98 Å². The predicted molar refractivity (Wildman–Crippen MR) is 143 cm³/mol. The van der Waals surface area contributed by atoms with Crippen molar-refractivity contribution < 1.29 is 8.84 Å². The molecule has 3 rings (SSSR count). The Kier molecular flexibility index (Phi) is 7.54. The van der Waals surface area contributed by atoms with Gasteiger partial charge in [0.1, 0.15) is 5.69 Å². The highest BCUT2D eigenvalue weighted by Crippen LogP contribution is 2.69. The maximum Gasteiger partial charge on any atom is 0.296 e. The van der Waals surface area contributed by atoms with Crippen LogP contribution in [0.1, 0.15) is 50.2 Å². The largest absolute Gasteiger partial charge is 0.518 e. The Morgan fingerprint density at radius 1 is 0.906 bits per heavy atom. The van der Waals surface area contributed by atoms with Crippen molar-refractivity contribution >= 4 is 26.2 Å². The van der Waals surface area contributed by atoms with Crippen molar-refractivity contribution in [2.24, 2.45) is 0 Å². The summed E-state index contributed by atoms with van der Waals surface area (Å²) in [7, 11) is -1.94. The molecule has 0 aliphatic carbocycles. The van der Waals surface area contributed by atoms with E-state index in [1.807, 2.05) is 30.3 Å². The van der Waals surface area contributed by atoms with Crippen molar-refractivity contribution in [3.63, 3.8) is 0 Å². The van der Waals surface area contributed by atoms with Crippen LogP contribution in [0.5, 0.6) is 5.95 Å². The van der Waals surface area contributed by atoms with E-state index in [1.165, 1.54) is 11.1 Å². The Morgan fingerprint density at radius 3 is 1.97 bits per heavy atom. The molecule has 0 amide bonds. The number of benzene rings is 2. The zero-order chi connectivity index (χ0) is 23.7. The van der Waals surface area contributed by atoms with Crippen LogP contribution >= 0.6 is 6.04 Å². The normalized spacial score (nSPS) is 13.6. The van der Waals surface area contributed by atoms with Crippen LogP contribution in [-0.2, 0) is 11.8 Å². The summed E-state index contributed by atoms with van der Waals surface area (Å²) < 4.78 is 12.8. The minimum atomic E-state index is -1.96. The summed E-state index contributed by atoms with van der Waals surface area (Å²) >= 11 is 6.58. The molecular formula is C26H36NO2PSSi. The Labute approximate surface area is 199 Å². The molecule has 3 aromatic rings. The van der Waals surface area contributed by atoms with E-state index in [-0.39, 0.29) is 5.66 Å². The van der Waals surface area contributed by atoms with Crippen LogP contribution in [0, 0.1) is 6.92 Å². The van der Waals surface area contributed by atoms with Crippen molar-refractivity contribution in [2.75, 3.05) is 0 Å². The molecule has 0 N–H and O–H groups in total. The van der Waals surface area contributed by atoms with Gasteiger partial charge >= 0.3 is 0 Å². The first kappa shape index (κ1) is 24.9. The molecule has 0 aliphatic rings. The van der Waals surface area contributed by atoms with Gasteiger partial charge in [-0.05, 0) is 61.6 Å². The molecule has 6 heteroatoms. The van der Waals surface area contributed by atoms with Crippen LogP contribution in [0.3, 0.4) is 0 Å². The third kappa shape index (κ3) is 5.27. The fraction of sp³-hybridized carbons (Fsp3) is 0.423. The number of oxazole rings is 1. The summed E-state index contributed by atoms with van der Waals surface area (Å²) in [4.78, 5) is 5.09. The van der Waals surface area contributed by atoms with E-state index in [1.54, 1.807) is 0 Å². The van der Waals surface area contributed by atoms with Crippen molar-refractivity contribution in [3.8, 4) is 17.4 Å². The van der Waals surface area contributed by atoms with Gasteiger partial charge in [-0.3, -0.25) is 0 Å². The third-order valence-corrected chi connectivity index (χ3v) is 14.2. The standard InChI is InChI=1S/C26H36NO2PSSi/c1-18(2)30(31,19(3)4)24(21-16-14-20(5)15-17-21)23-26(29-32(6,7)8)28-25(27-23)22-12-10-9-11-13-22/h9-19,24H,1-8H3. The second kappa shape index (κ2) is 9.67. The molecular weight excluding hydrogens is 449 g/mol. The van der Waals surface area contributed by atoms with Crippen molar-refractivity contribution in [3.05, 3.63) is 71.4 Å². The molecule has 0 spiro atoms. The molecule has 2 aromatic carbocycles. The van der Waals surface area contributed by atoms with Crippen LogP contribution in [0.4, 0.5) is 0 Å². The number of nitrogens with zero attached hydrogens (tertiary/aromatic N) is 1. The van der Waals surface area contributed by atoms with E-state index >= 15 is 0 Å². The molecule has 32 heavy (non-hydrogen) atoms. The third-order valence-electron chi connectivity index (χ3n) is 5.71. The Balaban J connectivity index is 2.30. The number of aryl methyl sites for hydroxylation is 1. The minimum Gasteiger partial charge on any atom is -0.518 e. The molecule has 1 heterocycles. The number of aromatic nitrogens is 1. The summed E-state index contributed by atoms with van der Waals surface area (Å²) in [5.41, 5.74) is 4.95. The highest BCUT2D eigenvalue weighted by molar-refractivity contribution is 8.15. The number of hydrogen-bond donors (Lipinski definition) is 0. The smallest absolute Gasteiger partial charge is 0.296 e. The first-order chi connectivity index (χ1) is 14.9. The average Bonchev–Trinajstić information content (AvgIpc) is 3.11. The second-order valence-corrected chi connectivity index (χ2v) is 20.5. The van der Waals surface area contributed by atoms with Gasteiger partial charge in [-0.15, -0.1) is 0 Å². The van der Waals surface area contributed by atoms with E-state index < -0.39 is 14.4 Å². The lowest BCUT2D eigenvalue weighted by Crippen LogP contribution is -2.30. The molecule has 1 atom stereocenters. The fourth-order valence-corrected chi connectivity index (χ4v) is 9.01. The average molecular weight is 486 g/mol. The van der Waals surface area contributed by atoms with Crippen LogP contribution in [0.15, 0.2) is 59.0 Å². The van der Waals surface area contributed by atoms with Gasteiger partial charge in [0.25, 0.3) is 5.95 Å². The highest BCUT2D eigenvalue weighted by atomic mass is 32.4. The van der Waals surface area contributed by atoms with E-state index in [0.29, 0.717) is 23.2 Å². The lowest BCUT2D eigenvalue weighted by molar-refractivity contribution is 0.388. The number of hydrogen-bond acceptors (Lipinski definition) is 4. The van der Waals surface area contributed by atoms with Gasteiger partial charge in [0.2, 0.25) is 14.2 Å². The topological polar surface area (TPSA) is 35.3 Å². The quantitative estimate of drug-likeness (QED) is 0.238. The van der Waals surface area contributed by atoms with Gasteiger partial charge in [-0.2, -0.15) is 0 Å². The maximum atomic E-state index is 6.58. The van der Waals surface area contributed by atoms with Gasteiger partial charge in [-0.1, -0.05) is 87.5 Å². The zero-order valence-electron chi connectivity index (χ0n) is 20.5. The lowest BCUT2D eigenvalue weighted by atomic mass is 10.1. The highest BCUT2D eigenvalue weighted by Gasteiger charge is 2.41. The zero-order valence-corrected chi connectivity index (χ0v) is 23.3. The molecule has 0 fully saturated rings. The Bertz CT molecular complexity index is 1070. The summed E-state index contributed by atoms with van der Waals surface area (Å²) in [6.45, 7) is 17.7.